The van der Waals surface area contributed by atoms with Gasteiger partial charge in [-0.15, -0.1) is 0 Å². The Morgan fingerprint density at radius 1 is 0.794 bits per heavy atom. The first-order chi connectivity index (χ1) is 16.3. The van der Waals surface area contributed by atoms with Crippen LogP contribution in [0.15, 0.2) is 84.9 Å². The lowest BCUT2D eigenvalue weighted by atomic mass is 10.0. The number of benzene rings is 4. The lowest BCUT2D eigenvalue weighted by Gasteiger charge is -2.23. The Labute approximate surface area is 214 Å². The van der Waals surface area contributed by atoms with Crippen molar-refractivity contribution >= 4 is 46.4 Å². The Morgan fingerprint density at radius 3 is 2.15 bits per heavy atom. The van der Waals surface area contributed by atoms with Crippen LogP contribution in [0.1, 0.15) is 38.7 Å². The maximum atomic E-state index is 12.9. The molecule has 1 atom stereocenters. The summed E-state index contributed by atoms with van der Waals surface area (Å²) in [7, 11) is 0. The summed E-state index contributed by atoms with van der Waals surface area (Å²) < 4.78 is 6.48. The molecule has 1 amide bonds. The summed E-state index contributed by atoms with van der Waals surface area (Å²) in [4.78, 5) is 12.9. The van der Waals surface area contributed by atoms with Crippen molar-refractivity contribution in [2.45, 2.75) is 20.0 Å². The molecule has 4 aromatic rings. The molecule has 4 rings (SSSR count). The predicted octanol–water partition coefficient (Wildman–Crippen LogP) is 8.68. The number of hydrogen-bond donors (Lipinski definition) is 1. The minimum atomic E-state index is -0.531. The highest BCUT2D eigenvalue weighted by molar-refractivity contribution is 6.35. The van der Waals surface area contributed by atoms with Gasteiger partial charge in [0.15, 0.2) is 6.10 Å². The lowest BCUT2D eigenvalue weighted by molar-refractivity contribution is 0.102. The van der Waals surface area contributed by atoms with E-state index in [1.54, 1.807) is 36.4 Å². The van der Waals surface area contributed by atoms with Crippen LogP contribution in [0, 0.1) is 13.8 Å². The van der Waals surface area contributed by atoms with Crippen LogP contribution in [0.25, 0.3) is 0 Å². The zero-order chi connectivity index (χ0) is 24.2. The number of rotatable bonds is 6. The fourth-order valence-corrected chi connectivity index (χ4v) is 4.13. The monoisotopic (exact) mass is 509 g/mol. The summed E-state index contributed by atoms with van der Waals surface area (Å²) in [6.07, 6.45) is -0.531. The second-order valence-corrected chi connectivity index (χ2v) is 9.30. The summed E-state index contributed by atoms with van der Waals surface area (Å²) in [6.45, 7) is 3.93. The number of carbonyl (C=O) groups is 1. The van der Waals surface area contributed by atoms with E-state index in [1.165, 1.54) is 0 Å². The van der Waals surface area contributed by atoms with E-state index >= 15 is 0 Å². The maximum absolute atomic E-state index is 12.9. The lowest BCUT2D eigenvalue weighted by Crippen LogP contribution is -2.14. The third-order valence-electron chi connectivity index (χ3n) is 5.42. The summed E-state index contributed by atoms with van der Waals surface area (Å²) in [6, 6.07) is 25.7. The van der Waals surface area contributed by atoms with E-state index in [0.717, 1.165) is 27.9 Å². The van der Waals surface area contributed by atoms with E-state index in [1.807, 2.05) is 62.4 Å². The Hall–Kier alpha value is -2.98. The predicted molar refractivity (Wildman–Crippen MR) is 141 cm³/mol. The smallest absolute Gasteiger partial charge is 0.255 e. The van der Waals surface area contributed by atoms with Gasteiger partial charge in [0.25, 0.3) is 5.91 Å². The Balaban J connectivity index is 1.67. The zero-order valence-electron chi connectivity index (χ0n) is 18.6. The minimum absolute atomic E-state index is 0.221. The SMILES string of the molecule is Cc1ccc(NC(=O)c2ccc(C)c(OC(c3ccc(Cl)cc3)c3ccc(Cl)cc3Cl)c2)cc1. The van der Waals surface area contributed by atoms with Crippen LogP contribution in [0.3, 0.4) is 0 Å². The fourth-order valence-electron chi connectivity index (χ4n) is 3.50. The molecule has 0 heterocycles. The van der Waals surface area contributed by atoms with Gasteiger partial charge in [0, 0.05) is 31.9 Å². The summed E-state index contributed by atoms with van der Waals surface area (Å²) >= 11 is 18.8. The van der Waals surface area contributed by atoms with Crippen LogP contribution in [-0.2, 0) is 0 Å². The summed E-state index contributed by atoms with van der Waals surface area (Å²) in [5.74, 6) is 0.351. The largest absolute Gasteiger partial charge is 0.481 e. The molecular formula is C28H22Cl3NO2. The molecule has 172 valence electrons. The van der Waals surface area contributed by atoms with Crippen LogP contribution in [0.5, 0.6) is 5.75 Å². The van der Waals surface area contributed by atoms with Crippen molar-refractivity contribution in [2.75, 3.05) is 5.32 Å². The number of hydrogen-bond acceptors (Lipinski definition) is 2. The molecule has 0 saturated heterocycles. The number of carbonyl (C=O) groups excluding carboxylic acids is 1. The van der Waals surface area contributed by atoms with Gasteiger partial charge < -0.3 is 10.1 Å². The Kier molecular flexibility index (Phi) is 7.47. The molecule has 0 bridgehead atoms. The molecule has 4 aromatic carbocycles. The van der Waals surface area contributed by atoms with Crippen LogP contribution in [-0.4, -0.2) is 5.91 Å². The number of nitrogens with one attached hydrogen (secondary N) is 1. The molecule has 0 fully saturated rings. The normalized spacial score (nSPS) is 11.7. The molecule has 34 heavy (non-hydrogen) atoms. The third-order valence-corrected chi connectivity index (χ3v) is 6.24. The first kappa shape index (κ1) is 24.2. The quantitative estimate of drug-likeness (QED) is 0.282. The van der Waals surface area contributed by atoms with E-state index in [-0.39, 0.29) is 5.91 Å². The van der Waals surface area contributed by atoms with Crippen molar-refractivity contribution in [3.8, 4) is 5.75 Å². The molecule has 0 aliphatic rings. The fraction of sp³-hybridized carbons (Fsp3) is 0.107. The van der Waals surface area contributed by atoms with E-state index in [2.05, 4.69) is 5.32 Å². The molecule has 1 unspecified atom stereocenters. The average Bonchev–Trinajstić information content (AvgIpc) is 2.81. The molecule has 0 saturated carbocycles. The molecule has 0 aliphatic carbocycles. The molecular weight excluding hydrogens is 489 g/mol. The van der Waals surface area contributed by atoms with E-state index < -0.39 is 6.10 Å². The first-order valence-electron chi connectivity index (χ1n) is 10.7. The molecule has 1 N–H and O–H groups in total. The molecule has 0 radical (unpaired) electrons. The van der Waals surface area contributed by atoms with Crippen LogP contribution >= 0.6 is 34.8 Å². The molecule has 0 spiro atoms. The summed E-state index contributed by atoms with van der Waals surface area (Å²) in [5.41, 5.74) is 4.84. The van der Waals surface area contributed by atoms with Crippen molar-refractivity contribution in [3.63, 3.8) is 0 Å². The van der Waals surface area contributed by atoms with Crippen LogP contribution in [0.2, 0.25) is 15.1 Å². The van der Waals surface area contributed by atoms with E-state index in [9.17, 15) is 4.79 Å². The van der Waals surface area contributed by atoms with Gasteiger partial charge in [-0.05, 0) is 73.5 Å². The average molecular weight is 511 g/mol. The van der Waals surface area contributed by atoms with Gasteiger partial charge in [-0.2, -0.15) is 0 Å². The van der Waals surface area contributed by atoms with Crippen LogP contribution in [0.4, 0.5) is 5.69 Å². The molecule has 0 aliphatic heterocycles. The van der Waals surface area contributed by atoms with Crippen molar-refractivity contribution in [3.05, 3.63) is 128 Å². The highest BCUT2D eigenvalue weighted by Gasteiger charge is 2.21. The van der Waals surface area contributed by atoms with Gasteiger partial charge >= 0.3 is 0 Å². The number of amides is 1. The van der Waals surface area contributed by atoms with Crippen LogP contribution < -0.4 is 10.1 Å². The van der Waals surface area contributed by atoms with Gasteiger partial charge in [0.2, 0.25) is 0 Å². The number of halogens is 3. The van der Waals surface area contributed by atoms with E-state index in [0.29, 0.717) is 26.4 Å². The first-order valence-corrected chi connectivity index (χ1v) is 11.8. The Morgan fingerprint density at radius 2 is 1.47 bits per heavy atom. The number of ether oxygens (including phenoxy) is 1. The van der Waals surface area contributed by atoms with Gasteiger partial charge in [-0.3, -0.25) is 4.79 Å². The maximum Gasteiger partial charge on any atom is 0.255 e. The zero-order valence-corrected chi connectivity index (χ0v) is 20.9. The second kappa shape index (κ2) is 10.5. The van der Waals surface area contributed by atoms with Crippen molar-refractivity contribution in [1.29, 1.82) is 0 Å². The molecule has 3 nitrogen and oxygen atoms in total. The minimum Gasteiger partial charge on any atom is -0.481 e. The number of aryl methyl sites for hydroxylation is 2. The Bertz CT molecular complexity index is 1320. The van der Waals surface area contributed by atoms with Crippen molar-refractivity contribution < 1.29 is 9.53 Å². The van der Waals surface area contributed by atoms with Gasteiger partial charge in [-0.1, -0.05) is 76.8 Å². The standard InChI is InChI=1S/C28H22Cl3NO2/c1-17-3-12-23(13-4-17)32-28(33)20-6-5-18(2)26(15-20)34-27(19-7-9-21(29)10-8-19)24-14-11-22(30)16-25(24)31/h3-16,27H,1-2H3,(H,32,33). The third kappa shape index (κ3) is 5.74. The van der Waals surface area contributed by atoms with Crippen molar-refractivity contribution in [2.24, 2.45) is 0 Å². The van der Waals surface area contributed by atoms with Gasteiger partial charge in [0.1, 0.15) is 5.75 Å². The molecule has 0 aromatic heterocycles. The van der Waals surface area contributed by atoms with Gasteiger partial charge in [0.05, 0.1) is 0 Å². The van der Waals surface area contributed by atoms with Crippen molar-refractivity contribution in [1.82, 2.24) is 0 Å². The van der Waals surface area contributed by atoms with E-state index in [4.69, 9.17) is 39.5 Å². The highest BCUT2D eigenvalue weighted by Crippen LogP contribution is 2.36. The second-order valence-electron chi connectivity index (χ2n) is 8.02. The molecule has 6 heteroatoms. The highest BCUT2D eigenvalue weighted by atomic mass is 35.5. The number of anilines is 1. The van der Waals surface area contributed by atoms with Gasteiger partial charge in [-0.25, -0.2) is 0 Å². The topological polar surface area (TPSA) is 38.3 Å². The summed E-state index contributed by atoms with van der Waals surface area (Å²) in [5, 5.41) is 4.57.